The van der Waals surface area contributed by atoms with Gasteiger partial charge in [0, 0.05) is 33.7 Å². The van der Waals surface area contributed by atoms with Crippen molar-refractivity contribution in [2.45, 2.75) is 36.9 Å². The van der Waals surface area contributed by atoms with E-state index in [1.807, 2.05) is 4.90 Å². The predicted octanol–water partition coefficient (Wildman–Crippen LogP) is -0.690. The van der Waals surface area contributed by atoms with Crippen LogP contribution in [0.5, 0.6) is 0 Å². The normalized spacial score (nSPS) is 29.1. The Morgan fingerprint density at radius 3 is 2.58 bits per heavy atom. The van der Waals surface area contributed by atoms with Crippen molar-refractivity contribution in [2.24, 2.45) is 0 Å². The molecule has 2 heterocycles. The molecule has 26 heavy (non-hydrogen) atoms. The Kier molecular flexibility index (Phi) is 5.86. The minimum absolute atomic E-state index is 0.0185. The van der Waals surface area contributed by atoms with Gasteiger partial charge in [-0.2, -0.15) is 0 Å². The summed E-state index contributed by atoms with van der Waals surface area (Å²) < 4.78 is 11.8. The number of carbonyl (C=O) groups is 2. The molecule has 8 heteroatoms. The van der Waals surface area contributed by atoms with Crippen LogP contribution in [-0.4, -0.2) is 109 Å². The van der Waals surface area contributed by atoms with Crippen molar-refractivity contribution in [1.29, 1.82) is 0 Å². The number of amides is 2. The summed E-state index contributed by atoms with van der Waals surface area (Å²) in [6, 6.07) is 0. The van der Waals surface area contributed by atoms with E-state index in [2.05, 4.69) is 0 Å². The molecule has 0 bridgehead atoms. The molecule has 1 aliphatic carbocycles. The van der Waals surface area contributed by atoms with Crippen LogP contribution in [0, 0.1) is 0 Å². The van der Waals surface area contributed by atoms with Crippen molar-refractivity contribution < 1.29 is 24.2 Å². The monoisotopic (exact) mass is 369 g/mol. The molecule has 1 N–H and O–H groups in total. The predicted molar refractivity (Wildman–Crippen MR) is 94.6 cm³/mol. The number of rotatable bonds is 4. The van der Waals surface area contributed by atoms with Crippen LogP contribution in [0.15, 0.2) is 0 Å². The standard InChI is InChI=1S/C18H31N3O5/c1-19(2)16(23)11-20-6-8-25-14-18(12-20)13-21(7-9-26-18)15(22)10-17(24)4-3-5-17/h24H,3-14H2,1-2H3. The number of hydrogen-bond acceptors (Lipinski definition) is 6. The molecule has 0 aromatic heterocycles. The molecule has 1 saturated carbocycles. The maximum absolute atomic E-state index is 12.7. The Hall–Kier alpha value is -1.22. The summed E-state index contributed by atoms with van der Waals surface area (Å²) >= 11 is 0. The van der Waals surface area contributed by atoms with E-state index >= 15 is 0 Å². The van der Waals surface area contributed by atoms with Crippen LogP contribution >= 0.6 is 0 Å². The van der Waals surface area contributed by atoms with Gasteiger partial charge in [-0.05, 0) is 19.3 Å². The first-order valence-electron chi connectivity index (χ1n) is 9.45. The van der Waals surface area contributed by atoms with Gasteiger partial charge in [-0.15, -0.1) is 0 Å². The number of ether oxygens (including phenoxy) is 2. The molecule has 148 valence electrons. The quantitative estimate of drug-likeness (QED) is 0.706. The lowest BCUT2D eigenvalue weighted by atomic mass is 9.77. The van der Waals surface area contributed by atoms with E-state index < -0.39 is 11.2 Å². The van der Waals surface area contributed by atoms with Gasteiger partial charge in [0.25, 0.3) is 0 Å². The second-order valence-electron chi connectivity index (χ2n) is 8.15. The number of aliphatic hydroxyl groups is 1. The molecule has 1 atom stereocenters. The van der Waals surface area contributed by atoms with Crippen LogP contribution in [0.25, 0.3) is 0 Å². The summed E-state index contributed by atoms with van der Waals surface area (Å²) in [6.07, 6.45) is 2.59. The zero-order valence-corrected chi connectivity index (χ0v) is 15.9. The third kappa shape index (κ3) is 4.54. The van der Waals surface area contributed by atoms with Gasteiger partial charge in [0.15, 0.2) is 0 Å². The maximum Gasteiger partial charge on any atom is 0.236 e. The smallest absolute Gasteiger partial charge is 0.236 e. The maximum atomic E-state index is 12.7. The SMILES string of the molecule is CN(C)C(=O)CN1CCOCC2(C1)CN(C(=O)CC1(O)CCC1)CCO2. The van der Waals surface area contributed by atoms with Gasteiger partial charge in [0.2, 0.25) is 11.8 Å². The highest BCUT2D eigenvalue weighted by Crippen LogP contribution is 2.35. The molecule has 0 aromatic rings. The number of morpholine rings is 1. The number of hydrogen-bond donors (Lipinski definition) is 1. The molecule has 3 rings (SSSR count). The Morgan fingerprint density at radius 2 is 1.92 bits per heavy atom. The first-order chi connectivity index (χ1) is 12.3. The summed E-state index contributed by atoms with van der Waals surface area (Å²) in [4.78, 5) is 30.2. The van der Waals surface area contributed by atoms with Crippen molar-refractivity contribution in [1.82, 2.24) is 14.7 Å². The average Bonchev–Trinajstić information content (AvgIpc) is 2.75. The van der Waals surface area contributed by atoms with Crippen LogP contribution in [-0.2, 0) is 19.1 Å². The summed E-state index contributed by atoms with van der Waals surface area (Å²) in [5.74, 6) is 0.0213. The first kappa shape index (κ1) is 19.5. The summed E-state index contributed by atoms with van der Waals surface area (Å²) in [7, 11) is 3.49. The highest BCUT2D eigenvalue weighted by Gasteiger charge is 2.44. The summed E-state index contributed by atoms with van der Waals surface area (Å²) in [6.45, 7) is 3.91. The zero-order chi connectivity index (χ0) is 18.8. The molecule has 8 nitrogen and oxygen atoms in total. The fraction of sp³-hybridized carbons (Fsp3) is 0.889. The number of likely N-dealkylation sites (N-methyl/N-ethyl adjacent to an activating group) is 1. The van der Waals surface area contributed by atoms with Crippen molar-refractivity contribution >= 4 is 11.8 Å². The molecule has 1 unspecified atom stereocenters. The number of carbonyl (C=O) groups excluding carboxylic acids is 2. The summed E-state index contributed by atoms with van der Waals surface area (Å²) in [5, 5.41) is 10.3. The van der Waals surface area contributed by atoms with Gasteiger partial charge in [-0.1, -0.05) is 0 Å². The molecular formula is C18H31N3O5. The third-order valence-electron chi connectivity index (χ3n) is 5.65. The van der Waals surface area contributed by atoms with Gasteiger partial charge in [0.05, 0.1) is 44.9 Å². The molecular weight excluding hydrogens is 338 g/mol. The van der Waals surface area contributed by atoms with Crippen LogP contribution in [0.1, 0.15) is 25.7 Å². The van der Waals surface area contributed by atoms with Gasteiger partial charge < -0.3 is 24.4 Å². The molecule has 2 saturated heterocycles. The van der Waals surface area contributed by atoms with Crippen molar-refractivity contribution in [3.8, 4) is 0 Å². The largest absolute Gasteiger partial charge is 0.389 e. The van der Waals surface area contributed by atoms with Gasteiger partial charge in [0.1, 0.15) is 5.60 Å². The van der Waals surface area contributed by atoms with E-state index in [-0.39, 0.29) is 18.2 Å². The fourth-order valence-electron chi connectivity index (χ4n) is 3.85. The topological polar surface area (TPSA) is 82.6 Å². The van der Waals surface area contributed by atoms with Gasteiger partial charge in [-0.3, -0.25) is 14.5 Å². The van der Waals surface area contributed by atoms with Crippen LogP contribution in [0.4, 0.5) is 0 Å². The molecule has 2 amide bonds. The van der Waals surface area contributed by atoms with E-state index in [9.17, 15) is 14.7 Å². The second-order valence-corrected chi connectivity index (χ2v) is 8.15. The van der Waals surface area contributed by atoms with E-state index in [4.69, 9.17) is 9.47 Å². The molecule has 0 aromatic carbocycles. The van der Waals surface area contributed by atoms with Crippen molar-refractivity contribution in [2.75, 3.05) is 66.6 Å². The lowest BCUT2D eigenvalue weighted by Crippen LogP contribution is -2.61. The minimum Gasteiger partial charge on any atom is -0.389 e. The Bertz CT molecular complexity index is 537. The van der Waals surface area contributed by atoms with E-state index in [1.54, 1.807) is 23.9 Å². The minimum atomic E-state index is -0.813. The van der Waals surface area contributed by atoms with Gasteiger partial charge >= 0.3 is 0 Å². The number of nitrogens with zero attached hydrogens (tertiary/aromatic N) is 3. The van der Waals surface area contributed by atoms with Gasteiger partial charge in [-0.25, -0.2) is 0 Å². The van der Waals surface area contributed by atoms with E-state index in [0.717, 1.165) is 6.42 Å². The highest BCUT2D eigenvalue weighted by molar-refractivity contribution is 5.78. The molecule has 1 spiro atoms. The Morgan fingerprint density at radius 1 is 1.15 bits per heavy atom. The second kappa shape index (κ2) is 7.80. The Balaban J connectivity index is 1.63. The van der Waals surface area contributed by atoms with Crippen molar-refractivity contribution in [3.63, 3.8) is 0 Å². The highest BCUT2D eigenvalue weighted by atomic mass is 16.5. The molecule has 0 radical (unpaired) electrons. The lowest BCUT2D eigenvalue weighted by Gasteiger charge is -2.45. The molecule has 3 aliphatic rings. The van der Waals surface area contributed by atoms with Crippen LogP contribution in [0.2, 0.25) is 0 Å². The fourth-order valence-corrected chi connectivity index (χ4v) is 3.85. The van der Waals surface area contributed by atoms with E-state index in [1.165, 1.54) is 0 Å². The van der Waals surface area contributed by atoms with E-state index in [0.29, 0.717) is 65.4 Å². The molecule has 3 fully saturated rings. The molecule has 2 aliphatic heterocycles. The van der Waals surface area contributed by atoms with Crippen LogP contribution < -0.4 is 0 Å². The lowest BCUT2D eigenvalue weighted by molar-refractivity contribution is -0.167. The van der Waals surface area contributed by atoms with Crippen LogP contribution in [0.3, 0.4) is 0 Å². The Labute approximate surface area is 155 Å². The van der Waals surface area contributed by atoms with Crippen molar-refractivity contribution in [3.05, 3.63) is 0 Å². The first-order valence-corrected chi connectivity index (χ1v) is 9.45. The average molecular weight is 369 g/mol. The summed E-state index contributed by atoms with van der Waals surface area (Å²) in [5.41, 5.74) is -1.42. The zero-order valence-electron chi connectivity index (χ0n) is 15.9. The third-order valence-corrected chi connectivity index (χ3v) is 5.65.